The molecule has 0 unspecified atom stereocenters. The van der Waals surface area contributed by atoms with Crippen LogP contribution < -0.4 is 5.32 Å². The van der Waals surface area contributed by atoms with Gasteiger partial charge in [-0.1, -0.05) is 37.6 Å². The molecule has 1 aromatic carbocycles. The van der Waals surface area contributed by atoms with Gasteiger partial charge in [-0.3, -0.25) is 14.4 Å². The number of carbonyl (C=O) groups excluding carboxylic acids is 3. The van der Waals surface area contributed by atoms with Gasteiger partial charge in [-0.15, -0.1) is 0 Å². The number of aliphatic hydroxyl groups excluding tert-OH is 1. The van der Waals surface area contributed by atoms with Crippen molar-refractivity contribution in [3.8, 4) is 0 Å². The Morgan fingerprint density at radius 3 is 2.44 bits per heavy atom. The number of nitrogens with zero attached hydrogens (tertiary/aromatic N) is 1. The van der Waals surface area contributed by atoms with Crippen molar-refractivity contribution in [1.29, 1.82) is 0 Å². The van der Waals surface area contributed by atoms with Crippen LogP contribution in [0.15, 0.2) is 36.4 Å². The Balaban J connectivity index is 2.01. The summed E-state index contributed by atoms with van der Waals surface area (Å²) in [5.74, 6) is -3.06. The maximum absolute atomic E-state index is 13.7. The number of ether oxygens (including phenoxy) is 1. The van der Waals surface area contributed by atoms with Crippen molar-refractivity contribution in [3.63, 3.8) is 0 Å². The molecule has 7 nitrogen and oxygen atoms in total. The number of hydrogen-bond donors (Lipinski definition) is 2. The number of amides is 2. The van der Waals surface area contributed by atoms with Crippen LogP contribution in [0.2, 0.25) is 5.02 Å². The van der Waals surface area contributed by atoms with E-state index in [1.165, 1.54) is 4.90 Å². The molecule has 0 saturated carbocycles. The van der Waals surface area contributed by atoms with E-state index in [0.29, 0.717) is 23.6 Å². The average Bonchev–Trinajstić information content (AvgIpc) is 3.08. The zero-order valence-electron chi connectivity index (χ0n) is 18.7. The van der Waals surface area contributed by atoms with Gasteiger partial charge in [0.1, 0.15) is 6.04 Å². The third-order valence-corrected chi connectivity index (χ3v) is 6.79. The second-order valence-corrected chi connectivity index (χ2v) is 8.71. The van der Waals surface area contributed by atoms with E-state index in [9.17, 15) is 19.5 Å². The molecule has 0 aromatic heterocycles. The second-order valence-electron chi connectivity index (χ2n) is 8.27. The predicted molar refractivity (Wildman–Crippen MR) is 122 cm³/mol. The standard InChI is InChI=1S/C24H31ClN2O5/c1-4-14-7-12-18-20(19(14)24(31)32-6-3)23(30)27(17(5-2)13-28)21(18)22(29)26-16-10-8-15(25)9-11-16/h7-12,14,17-21,28H,4-6,13H2,1-3H3,(H,26,29)/t14-,17+,18+,19-,20-,21+/m1/s1. The van der Waals surface area contributed by atoms with Crippen molar-refractivity contribution in [1.82, 2.24) is 4.90 Å². The topological polar surface area (TPSA) is 95.9 Å². The highest BCUT2D eigenvalue weighted by atomic mass is 35.5. The first-order chi connectivity index (χ1) is 15.4. The molecular weight excluding hydrogens is 432 g/mol. The summed E-state index contributed by atoms with van der Waals surface area (Å²) in [6.07, 6.45) is 4.98. The Hall–Kier alpha value is -2.38. The number of aliphatic hydroxyl groups is 1. The molecular formula is C24H31ClN2O5. The van der Waals surface area contributed by atoms with Gasteiger partial charge in [0, 0.05) is 16.6 Å². The Kier molecular flexibility index (Phi) is 7.96. The number of fused-ring (bicyclic) bond motifs is 1. The van der Waals surface area contributed by atoms with Crippen LogP contribution in [0.25, 0.3) is 0 Å². The number of carbonyl (C=O) groups is 3. The summed E-state index contributed by atoms with van der Waals surface area (Å²) in [5, 5.41) is 13.4. The summed E-state index contributed by atoms with van der Waals surface area (Å²) >= 11 is 5.94. The van der Waals surface area contributed by atoms with Crippen molar-refractivity contribution >= 4 is 35.1 Å². The molecule has 2 amide bonds. The largest absolute Gasteiger partial charge is 0.466 e. The van der Waals surface area contributed by atoms with E-state index in [1.54, 1.807) is 31.2 Å². The fourth-order valence-corrected chi connectivity index (χ4v) is 5.08. The van der Waals surface area contributed by atoms with E-state index >= 15 is 0 Å². The molecule has 8 heteroatoms. The van der Waals surface area contributed by atoms with Crippen molar-refractivity contribution < 1.29 is 24.2 Å². The molecule has 2 N–H and O–H groups in total. The van der Waals surface area contributed by atoms with Crippen LogP contribution in [0.1, 0.15) is 33.6 Å². The Bertz CT molecular complexity index is 868. The lowest BCUT2D eigenvalue weighted by Gasteiger charge is -2.33. The van der Waals surface area contributed by atoms with Gasteiger partial charge in [-0.2, -0.15) is 0 Å². The number of hydrogen-bond acceptors (Lipinski definition) is 5. The number of anilines is 1. The fourth-order valence-electron chi connectivity index (χ4n) is 4.95. The number of rotatable bonds is 8. The lowest BCUT2D eigenvalue weighted by Crippen LogP contribution is -2.50. The van der Waals surface area contributed by atoms with Crippen LogP contribution in [-0.2, 0) is 19.1 Å². The Morgan fingerprint density at radius 1 is 1.19 bits per heavy atom. The lowest BCUT2D eigenvalue weighted by atomic mass is 9.69. The first kappa shape index (κ1) is 24.3. The number of likely N-dealkylation sites (tertiary alicyclic amines) is 1. The maximum Gasteiger partial charge on any atom is 0.310 e. The van der Waals surface area contributed by atoms with Crippen LogP contribution in [0.5, 0.6) is 0 Å². The quantitative estimate of drug-likeness (QED) is 0.456. The molecule has 1 fully saturated rings. The number of nitrogens with one attached hydrogen (secondary N) is 1. The fraction of sp³-hybridized carbons (Fsp3) is 0.542. The van der Waals surface area contributed by atoms with Crippen LogP contribution in [0.4, 0.5) is 5.69 Å². The van der Waals surface area contributed by atoms with E-state index in [-0.39, 0.29) is 30.9 Å². The minimum absolute atomic E-state index is 0.145. The highest BCUT2D eigenvalue weighted by molar-refractivity contribution is 6.30. The number of benzene rings is 1. The highest BCUT2D eigenvalue weighted by Gasteiger charge is 2.58. The monoisotopic (exact) mass is 462 g/mol. The molecule has 1 aromatic rings. The highest BCUT2D eigenvalue weighted by Crippen LogP contribution is 2.46. The summed E-state index contributed by atoms with van der Waals surface area (Å²) in [4.78, 5) is 41.5. The third-order valence-electron chi connectivity index (χ3n) is 6.53. The van der Waals surface area contributed by atoms with E-state index in [0.717, 1.165) is 0 Å². The molecule has 174 valence electrons. The van der Waals surface area contributed by atoms with Crippen LogP contribution in [0, 0.1) is 23.7 Å². The van der Waals surface area contributed by atoms with E-state index in [1.807, 2.05) is 26.0 Å². The minimum atomic E-state index is -0.841. The number of esters is 1. The third kappa shape index (κ3) is 4.55. The first-order valence-electron chi connectivity index (χ1n) is 11.2. The van der Waals surface area contributed by atoms with Crippen LogP contribution in [0.3, 0.4) is 0 Å². The van der Waals surface area contributed by atoms with Gasteiger partial charge in [-0.25, -0.2) is 0 Å². The molecule has 0 spiro atoms. The minimum Gasteiger partial charge on any atom is -0.466 e. The Labute approximate surface area is 193 Å². The van der Waals surface area contributed by atoms with E-state index < -0.39 is 35.8 Å². The molecule has 1 heterocycles. The molecule has 1 aliphatic heterocycles. The average molecular weight is 463 g/mol. The molecule has 1 saturated heterocycles. The SMILES string of the molecule is CCOC(=O)[C@H]1[C@@H]2C(=O)N([C@@H](CC)CO)[C@H](C(=O)Nc3ccc(Cl)cc3)[C@H]2C=C[C@H]1CC. The first-order valence-corrected chi connectivity index (χ1v) is 11.6. The normalized spacial score (nSPS) is 27.7. The van der Waals surface area contributed by atoms with Crippen molar-refractivity contribution in [2.45, 2.75) is 45.7 Å². The number of halogens is 1. The van der Waals surface area contributed by atoms with Crippen molar-refractivity contribution in [2.75, 3.05) is 18.5 Å². The Morgan fingerprint density at radius 2 is 1.88 bits per heavy atom. The lowest BCUT2D eigenvalue weighted by molar-refractivity contribution is -0.156. The van der Waals surface area contributed by atoms with E-state index in [4.69, 9.17) is 16.3 Å². The van der Waals surface area contributed by atoms with Gasteiger partial charge in [0.25, 0.3) is 0 Å². The molecule has 0 radical (unpaired) electrons. The van der Waals surface area contributed by atoms with Crippen molar-refractivity contribution in [3.05, 3.63) is 41.4 Å². The zero-order valence-corrected chi connectivity index (χ0v) is 19.4. The van der Waals surface area contributed by atoms with Crippen molar-refractivity contribution in [2.24, 2.45) is 23.7 Å². The zero-order chi connectivity index (χ0) is 23.4. The van der Waals surface area contributed by atoms with E-state index in [2.05, 4.69) is 5.32 Å². The van der Waals surface area contributed by atoms with Gasteiger partial charge >= 0.3 is 5.97 Å². The van der Waals surface area contributed by atoms with Gasteiger partial charge in [-0.05, 0) is 49.9 Å². The molecule has 1 aliphatic carbocycles. The number of allylic oxidation sites excluding steroid dienone is 1. The van der Waals surface area contributed by atoms with Crippen LogP contribution >= 0.6 is 11.6 Å². The van der Waals surface area contributed by atoms with Gasteiger partial charge in [0.05, 0.1) is 31.1 Å². The predicted octanol–water partition coefficient (Wildman–Crippen LogP) is 3.27. The summed E-state index contributed by atoms with van der Waals surface area (Å²) < 4.78 is 5.31. The molecule has 2 aliphatic rings. The molecule has 3 rings (SSSR count). The van der Waals surface area contributed by atoms with Crippen LogP contribution in [-0.4, -0.2) is 53.1 Å². The maximum atomic E-state index is 13.7. The summed E-state index contributed by atoms with van der Waals surface area (Å²) in [6.45, 7) is 5.51. The van der Waals surface area contributed by atoms with Gasteiger partial charge in [0.2, 0.25) is 11.8 Å². The summed E-state index contributed by atoms with van der Waals surface area (Å²) in [6, 6.07) is 5.35. The van der Waals surface area contributed by atoms with Gasteiger partial charge < -0.3 is 20.1 Å². The summed E-state index contributed by atoms with van der Waals surface area (Å²) in [7, 11) is 0. The summed E-state index contributed by atoms with van der Waals surface area (Å²) in [5.41, 5.74) is 0.556. The molecule has 0 bridgehead atoms. The molecule has 6 atom stereocenters. The smallest absolute Gasteiger partial charge is 0.310 e. The van der Waals surface area contributed by atoms with Gasteiger partial charge in [0.15, 0.2) is 0 Å². The second kappa shape index (κ2) is 10.5. The molecule has 32 heavy (non-hydrogen) atoms.